The molecule has 12 heteroatoms. The minimum absolute atomic E-state index is 0.0836. The van der Waals surface area contributed by atoms with E-state index in [4.69, 9.17) is 139 Å². The van der Waals surface area contributed by atoms with Gasteiger partial charge in [0.25, 0.3) is 0 Å². The number of hydrogen-bond acceptors (Lipinski definition) is 0. The second-order valence-electron chi connectivity index (χ2n) is 7.75. The maximum atomic E-state index is 7.01. The molecule has 0 N–H and O–H groups in total. The summed E-state index contributed by atoms with van der Waals surface area (Å²) >= 11 is 80.6. The third-order valence-electron chi connectivity index (χ3n) is 7.19. The molecule has 150 valence electrons. The van der Waals surface area contributed by atoms with Crippen LogP contribution in [0.3, 0.4) is 0 Å². The maximum Gasteiger partial charge on any atom is 0.166 e. The minimum atomic E-state index is -1.69. The predicted octanol–water partition coefficient (Wildman–Crippen LogP) is 8.55. The fourth-order valence-corrected chi connectivity index (χ4v) is 12.4. The van der Waals surface area contributed by atoms with E-state index in [-0.39, 0.29) is 32.0 Å². The summed E-state index contributed by atoms with van der Waals surface area (Å²) in [7, 11) is 0. The first kappa shape index (κ1) is 21.8. The molecule has 27 heavy (non-hydrogen) atoms. The fraction of sp³-hybridized carbons (Fsp3) is 0.733. The number of allylic oxidation sites excluding steroid dienone is 4. The average molecular weight is 612 g/mol. The largest absolute Gasteiger partial charge is 0.166 e. The van der Waals surface area contributed by atoms with Crippen LogP contribution in [0, 0.1) is 23.7 Å². The zero-order valence-electron chi connectivity index (χ0n) is 12.6. The van der Waals surface area contributed by atoms with E-state index < -0.39 is 40.0 Å². The van der Waals surface area contributed by atoms with Crippen LogP contribution in [0.1, 0.15) is 6.42 Å². The molecule has 0 amide bonds. The van der Waals surface area contributed by atoms with Gasteiger partial charge in [0, 0.05) is 0 Å². The Morgan fingerprint density at radius 1 is 0.481 bits per heavy atom. The van der Waals surface area contributed by atoms with E-state index in [2.05, 4.69) is 0 Å². The van der Waals surface area contributed by atoms with E-state index in [1.54, 1.807) is 0 Å². The SMILES string of the molecule is ClC1=C(Cl)[C@@]2(Cl)[C@@H]3C[C@@H]4[C@H]([C@H]3[C@@]1(Cl)C2(Cl)Cl)[C@]1(Cl)C(Cl)=C(Cl)[C@]4(Cl)C1(Cl)Cl. The quantitative estimate of drug-likeness (QED) is 0.241. The maximum absolute atomic E-state index is 7.01. The lowest BCUT2D eigenvalue weighted by atomic mass is 9.74. The van der Waals surface area contributed by atoms with Crippen LogP contribution in [0.2, 0.25) is 0 Å². The van der Waals surface area contributed by atoms with Crippen LogP contribution in [0.15, 0.2) is 20.1 Å². The van der Waals surface area contributed by atoms with Gasteiger partial charge in [-0.15, -0.1) is 46.4 Å². The lowest BCUT2D eigenvalue weighted by Crippen LogP contribution is -2.51. The highest BCUT2D eigenvalue weighted by Gasteiger charge is 2.92. The molecule has 0 aromatic heterocycles. The highest BCUT2D eigenvalue weighted by molar-refractivity contribution is 6.67. The summed E-state index contributed by atoms with van der Waals surface area (Å²) in [4.78, 5) is -5.83. The van der Waals surface area contributed by atoms with Crippen molar-refractivity contribution in [3.05, 3.63) is 20.1 Å². The van der Waals surface area contributed by atoms with Crippen molar-refractivity contribution in [1.29, 1.82) is 0 Å². The molecule has 0 aromatic carbocycles. The molecule has 3 fully saturated rings. The summed E-state index contributed by atoms with van der Waals surface area (Å²) < 4.78 is -3.37. The van der Waals surface area contributed by atoms with Gasteiger partial charge < -0.3 is 0 Å². The molecule has 5 aliphatic carbocycles. The Morgan fingerprint density at radius 2 is 0.741 bits per heavy atom. The van der Waals surface area contributed by atoms with Gasteiger partial charge in [-0.1, -0.05) is 92.8 Å². The van der Waals surface area contributed by atoms with Crippen molar-refractivity contribution in [2.75, 3.05) is 0 Å². The van der Waals surface area contributed by atoms with Gasteiger partial charge >= 0.3 is 0 Å². The van der Waals surface area contributed by atoms with Crippen LogP contribution in [0.5, 0.6) is 0 Å². The third kappa shape index (κ3) is 1.71. The molecule has 0 nitrogen and oxygen atoms in total. The minimum Gasteiger partial charge on any atom is -0.109 e. The Kier molecular flexibility index (Phi) is 4.47. The topological polar surface area (TPSA) is 0 Å². The zero-order chi connectivity index (χ0) is 20.3. The summed E-state index contributed by atoms with van der Waals surface area (Å²) in [5.41, 5.74) is 0. The first-order valence-corrected chi connectivity index (χ1v) is 12.3. The van der Waals surface area contributed by atoms with Gasteiger partial charge in [0.15, 0.2) is 8.67 Å². The van der Waals surface area contributed by atoms with Crippen LogP contribution in [-0.2, 0) is 0 Å². The van der Waals surface area contributed by atoms with Gasteiger partial charge in [-0.3, -0.25) is 0 Å². The van der Waals surface area contributed by atoms with Gasteiger partial charge in [0.05, 0.1) is 20.1 Å². The number of fused-ring (bicyclic) bond motifs is 11. The predicted molar refractivity (Wildman–Crippen MR) is 119 cm³/mol. The highest BCUT2D eigenvalue weighted by atomic mass is 35.5. The summed E-state index contributed by atoms with van der Waals surface area (Å²) in [5, 5.41) is 0.417. The monoisotopic (exact) mass is 606 g/mol. The van der Waals surface area contributed by atoms with Gasteiger partial charge in [-0.05, 0) is 30.1 Å². The molecule has 5 aliphatic rings. The fourth-order valence-electron chi connectivity index (χ4n) is 6.16. The molecule has 0 radical (unpaired) electrons. The number of hydrogen-bond donors (Lipinski definition) is 0. The Labute approximate surface area is 215 Å². The smallest absolute Gasteiger partial charge is 0.109 e. The van der Waals surface area contributed by atoms with Crippen LogP contribution in [-0.4, -0.2) is 28.2 Å². The summed E-state index contributed by atoms with van der Waals surface area (Å²) in [6, 6.07) is 0. The van der Waals surface area contributed by atoms with E-state index in [0.717, 1.165) is 0 Å². The van der Waals surface area contributed by atoms with Crippen molar-refractivity contribution < 1.29 is 0 Å². The summed E-state index contributed by atoms with van der Waals surface area (Å²) in [5.74, 6) is -1.82. The van der Waals surface area contributed by atoms with Crippen molar-refractivity contribution in [1.82, 2.24) is 0 Å². The van der Waals surface area contributed by atoms with Crippen molar-refractivity contribution >= 4 is 139 Å². The highest BCUT2D eigenvalue weighted by Crippen LogP contribution is 2.88. The molecule has 0 unspecified atom stereocenters. The standard InChI is InChI=1S/C15H6Cl12/c16-6-8(18)12(22)4-2(10(6,20)14(12,24)25)1-3-5(4)13(23)9(19)7(17)11(3,21)15(13,26)27/h2-5H,1H2/t2-,3-,4-,5+,10+,11+,12+,13+/m1/s1. The molecule has 0 aliphatic heterocycles. The lowest BCUT2D eigenvalue weighted by Gasteiger charge is -2.43. The average Bonchev–Trinajstić information content (AvgIpc) is 3.16. The molecule has 0 aromatic rings. The summed E-state index contributed by atoms with van der Waals surface area (Å²) in [6.07, 6.45) is 0.397. The second-order valence-corrected chi connectivity index (χ2v) is 14.3. The van der Waals surface area contributed by atoms with Crippen molar-refractivity contribution in [3.63, 3.8) is 0 Å². The Balaban J connectivity index is 1.80. The van der Waals surface area contributed by atoms with E-state index in [1.807, 2.05) is 0 Å². The molecule has 5 rings (SSSR count). The molecule has 0 spiro atoms. The van der Waals surface area contributed by atoms with E-state index in [0.29, 0.717) is 6.42 Å². The first-order chi connectivity index (χ1) is 12.1. The van der Waals surface area contributed by atoms with Crippen molar-refractivity contribution in [2.45, 2.75) is 34.6 Å². The number of halogens is 12. The second kappa shape index (κ2) is 5.53. The van der Waals surface area contributed by atoms with E-state index in [9.17, 15) is 0 Å². The number of rotatable bonds is 0. The Morgan fingerprint density at radius 3 is 1.04 bits per heavy atom. The van der Waals surface area contributed by atoms with Crippen LogP contribution in [0.4, 0.5) is 0 Å². The van der Waals surface area contributed by atoms with Gasteiger partial charge in [-0.25, -0.2) is 0 Å². The van der Waals surface area contributed by atoms with E-state index >= 15 is 0 Å². The Hall–Kier alpha value is 2.96. The molecular formula is C15H6Cl12. The molecule has 0 heterocycles. The van der Waals surface area contributed by atoms with E-state index in [1.165, 1.54) is 0 Å². The molecular weight excluding hydrogens is 606 g/mol. The van der Waals surface area contributed by atoms with Gasteiger partial charge in [0.2, 0.25) is 0 Å². The Bertz CT molecular complexity index is 806. The normalized spacial score (nSPS) is 59.1. The zero-order valence-corrected chi connectivity index (χ0v) is 21.6. The van der Waals surface area contributed by atoms with Gasteiger partial charge in [-0.2, -0.15) is 0 Å². The van der Waals surface area contributed by atoms with Crippen LogP contribution < -0.4 is 0 Å². The number of alkyl halides is 8. The third-order valence-corrected chi connectivity index (χ3v) is 15.8. The lowest BCUT2D eigenvalue weighted by molar-refractivity contribution is 0.258. The summed E-state index contributed by atoms with van der Waals surface area (Å²) in [6.45, 7) is 0. The molecule has 3 saturated carbocycles. The van der Waals surface area contributed by atoms with Gasteiger partial charge in [0.1, 0.15) is 19.5 Å². The van der Waals surface area contributed by atoms with Crippen LogP contribution in [0.25, 0.3) is 0 Å². The first-order valence-electron chi connectivity index (χ1n) is 7.74. The molecule has 4 bridgehead atoms. The molecule has 0 saturated heterocycles. The van der Waals surface area contributed by atoms with Crippen LogP contribution >= 0.6 is 139 Å². The molecule has 8 atom stereocenters. The van der Waals surface area contributed by atoms with Crippen molar-refractivity contribution in [2.24, 2.45) is 23.7 Å². The van der Waals surface area contributed by atoms with Crippen molar-refractivity contribution in [3.8, 4) is 0 Å².